The summed E-state index contributed by atoms with van der Waals surface area (Å²) in [6, 6.07) is 8.58. The maximum absolute atomic E-state index is 14.4. The number of ether oxygens (including phenoxy) is 5. The monoisotopic (exact) mass is 765 g/mol. The average Bonchev–Trinajstić information content (AvgIpc) is 3.47. The quantitative estimate of drug-likeness (QED) is 0.270. The molecule has 3 saturated heterocycles. The smallest absolute Gasteiger partial charge is 0.408 e. The Kier molecular flexibility index (Phi) is 13.2. The Morgan fingerprint density at radius 3 is 2.44 bits per heavy atom. The summed E-state index contributed by atoms with van der Waals surface area (Å²) in [5.74, 6) is -5.12. The molecule has 0 radical (unpaired) electrons. The van der Waals surface area contributed by atoms with Gasteiger partial charge in [-0.2, -0.15) is 0 Å². The number of ketones is 2. The number of carbonyl (C=O) groups excluding carboxylic acids is 4. The number of rotatable bonds is 8. The number of hydrogen-bond donors (Lipinski definition) is 2. The van der Waals surface area contributed by atoms with Gasteiger partial charge in [0.05, 0.1) is 36.0 Å². The second-order valence-corrected chi connectivity index (χ2v) is 16.3. The first-order valence-electron chi connectivity index (χ1n) is 19.5. The van der Waals surface area contributed by atoms with Crippen molar-refractivity contribution in [3.8, 4) is 0 Å². The molecule has 55 heavy (non-hydrogen) atoms. The van der Waals surface area contributed by atoms with Crippen molar-refractivity contribution in [3.63, 3.8) is 0 Å². The zero-order chi connectivity index (χ0) is 40.4. The third kappa shape index (κ3) is 8.81. The molecule has 1 aromatic carbocycles. The second kappa shape index (κ2) is 17.2. The van der Waals surface area contributed by atoms with Crippen LogP contribution in [0.1, 0.15) is 80.2 Å². The Labute approximate surface area is 324 Å². The minimum absolute atomic E-state index is 0.0650. The molecule has 2 N–H and O–H groups in total. The summed E-state index contributed by atoms with van der Waals surface area (Å²) in [5.41, 5.74) is -0.955. The van der Waals surface area contributed by atoms with Gasteiger partial charge in [-0.3, -0.25) is 19.4 Å². The van der Waals surface area contributed by atoms with Crippen LogP contribution in [-0.4, -0.2) is 113 Å². The molecule has 0 bridgehead atoms. The SMILES string of the molecule is CC[C@H]1OC(=O)[C@H](C)C(=O)[C@H](C)[C@@H](O[C@@H]2O[C@H](C)C[C@H](N(C)C)[C@H]2O)[C@](C)(OC/C=C/c2cccc3ncccc23)C[C@@H](C)C(=O)[C@H](C)[C@H]2NC(=O)O[C@@]21C. The van der Waals surface area contributed by atoms with E-state index in [-0.39, 0.29) is 37.4 Å². The second-order valence-electron chi connectivity index (χ2n) is 16.3. The number of esters is 1. The van der Waals surface area contributed by atoms with Crippen molar-refractivity contribution in [2.75, 3.05) is 20.7 Å². The first kappa shape index (κ1) is 42.4. The predicted molar refractivity (Wildman–Crippen MR) is 206 cm³/mol. The van der Waals surface area contributed by atoms with Crippen LogP contribution in [0.2, 0.25) is 0 Å². The van der Waals surface area contributed by atoms with E-state index in [1.54, 1.807) is 47.7 Å². The van der Waals surface area contributed by atoms with Crippen molar-refractivity contribution < 1.29 is 48.0 Å². The number of aliphatic hydroxyl groups is 1. The lowest BCUT2D eigenvalue weighted by molar-refractivity contribution is -0.296. The first-order valence-corrected chi connectivity index (χ1v) is 19.5. The lowest BCUT2D eigenvalue weighted by Gasteiger charge is -2.47. The standard InChI is InChI=1S/C42H59N3O10/c1-11-32-42(8)36(44-40(50)55-42)25(4)33(46)23(2)22-41(7,51-20-14-16-28-15-12-18-30-29(28)17-13-19-43-30)37(26(5)34(47)27(6)38(49)53-32)54-39-35(48)31(45(9)10)21-24(3)52-39/h12-19,23-27,31-32,35-37,39,48H,11,20-22H2,1-10H3,(H,44,50)/b16-14+/t23-,24-,25+,26+,27-,31+,32-,35-,36-,37-,39+,41-,42-/m1/s1. The Bertz CT molecular complexity index is 1750. The van der Waals surface area contributed by atoms with Crippen LogP contribution in [-0.2, 0) is 38.1 Å². The maximum atomic E-state index is 14.4. The van der Waals surface area contributed by atoms with E-state index < -0.39 is 83.4 Å². The number of likely N-dealkylation sites (N-methyl/N-ethyl adjacent to an activating group) is 1. The Hall–Kier alpha value is -3.75. The molecule has 0 spiro atoms. The zero-order valence-electron chi connectivity index (χ0n) is 33.8. The number of benzene rings is 1. The molecular weight excluding hydrogens is 706 g/mol. The highest BCUT2D eigenvalue weighted by Crippen LogP contribution is 2.40. The third-order valence-corrected chi connectivity index (χ3v) is 11.9. The Morgan fingerprint density at radius 1 is 1.02 bits per heavy atom. The van der Waals surface area contributed by atoms with Crippen molar-refractivity contribution in [1.29, 1.82) is 0 Å². The van der Waals surface area contributed by atoms with Crippen molar-refractivity contribution >= 4 is 40.6 Å². The Balaban J connectivity index is 1.57. The number of carbonyl (C=O) groups is 4. The van der Waals surface area contributed by atoms with Crippen LogP contribution in [0.25, 0.3) is 17.0 Å². The number of aromatic nitrogens is 1. The molecular formula is C42H59N3O10. The molecule has 3 fully saturated rings. The van der Waals surface area contributed by atoms with Crippen LogP contribution in [0.5, 0.6) is 0 Å². The summed E-state index contributed by atoms with van der Waals surface area (Å²) in [6.07, 6.45) is 1.16. The highest BCUT2D eigenvalue weighted by atomic mass is 16.7. The number of hydrogen-bond acceptors (Lipinski definition) is 12. The zero-order valence-corrected chi connectivity index (χ0v) is 33.8. The number of fused-ring (bicyclic) bond motifs is 2. The fraction of sp³-hybridized carbons (Fsp3) is 0.643. The van der Waals surface area contributed by atoms with Gasteiger partial charge in [-0.15, -0.1) is 0 Å². The fourth-order valence-corrected chi connectivity index (χ4v) is 8.81. The van der Waals surface area contributed by atoms with Gasteiger partial charge in [-0.25, -0.2) is 4.79 Å². The van der Waals surface area contributed by atoms with E-state index in [1.807, 2.05) is 68.4 Å². The van der Waals surface area contributed by atoms with Crippen LogP contribution in [0.3, 0.4) is 0 Å². The molecule has 0 saturated carbocycles. The van der Waals surface area contributed by atoms with Crippen molar-refractivity contribution in [3.05, 3.63) is 48.2 Å². The van der Waals surface area contributed by atoms with Crippen molar-refractivity contribution in [2.45, 2.75) is 129 Å². The highest BCUT2D eigenvalue weighted by Gasteiger charge is 2.57. The number of Topliss-reactive ketones (excluding diaryl/α,β-unsaturated/α-hetero) is 2. The van der Waals surface area contributed by atoms with Crippen LogP contribution in [0.15, 0.2) is 42.6 Å². The van der Waals surface area contributed by atoms with E-state index >= 15 is 0 Å². The summed E-state index contributed by atoms with van der Waals surface area (Å²) in [6.45, 7) is 13.9. The molecule has 302 valence electrons. The van der Waals surface area contributed by atoms with Gasteiger partial charge in [0.25, 0.3) is 0 Å². The van der Waals surface area contributed by atoms with E-state index in [1.165, 1.54) is 6.92 Å². The van der Waals surface area contributed by atoms with Gasteiger partial charge < -0.3 is 39.0 Å². The van der Waals surface area contributed by atoms with Crippen LogP contribution >= 0.6 is 0 Å². The number of pyridine rings is 1. The normalized spacial score (nSPS) is 38.1. The van der Waals surface area contributed by atoms with E-state index in [4.69, 9.17) is 23.7 Å². The molecule has 1 amide bonds. The summed E-state index contributed by atoms with van der Waals surface area (Å²) in [5, 5.41) is 15.3. The molecule has 13 heteroatoms. The first-order chi connectivity index (χ1) is 25.9. The predicted octanol–water partition coefficient (Wildman–Crippen LogP) is 5.11. The van der Waals surface area contributed by atoms with Gasteiger partial charge in [-0.05, 0) is 78.7 Å². The fourth-order valence-electron chi connectivity index (χ4n) is 8.81. The summed E-state index contributed by atoms with van der Waals surface area (Å²) < 4.78 is 31.4. The number of cyclic esters (lactones) is 1. The molecule has 2 aromatic rings. The largest absolute Gasteiger partial charge is 0.458 e. The minimum Gasteiger partial charge on any atom is -0.458 e. The Morgan fingerprint density at radius 2 is 1.75 bits per heavy atom. The number of alkyl carbamates (subject to hydrolysis) is 1. The number of aliphatic hydroxyl groups excluding tert-OH is 1. The van der Waals surface area contributed by atoms with Gasteiger partial charge >= 0.3 is 12.1 Å². The van der Waals surface area contributed by atoms with E-state index in [0.29, 0.717) is 6.42 Å². The maximum Gasteiger partial charge on any atom is 0.408 e. The number of amides is 1. The van der Waals surface area contributed by atoms with Crippen molar-refractivity contribution in [1.82, 2.24) is 15.2 Å². The summed E-state index contributed by atoms with van der Waals surface area (Å²) in [7, 11) is 3.74. The third-order valence-electron chi connectivity index (χ3n) is 11.9. The number of nitrogens with one attached hydrogen (secondary N) is 1. The lowest BCUT2D eigenvalue weighted by Crippen LogP contribution is -2.60. The lowest BCUT2D eigenvalue weighted by atomic mass is 9.73. The van der Waals surface area contributed by atoms with Crippen LogP contribution in [0, 0.1) is 23.7 Å². The highest BCUT2D eigenvalue weighted by molar-refractivity contribution is 6.00. The van der Waals surface area contributed by atoms with Crippen molar-refractivity contribution in [2.24, 2.45) is 23.7 Å². The summed E-state index contributed by atoms with van der Waals surface area (Å²) in [4.78, 5) is 61.8. The molecule has 1 aromatic heterocycles. The average molecular weight is 766 g/mol. The van der Waals surface area contributed by atoms with Gasteiger partial charge in [0.2, 0.25) is 0 Å². The molecule has 3 aliphatic heterocycles. The molecule has 5 rings (SSSR count). The van der Waals surface area contributed by atoms with Crippen LogP contribution < -0.4 is 5.32 Å². The molecule has 4 heterocycles. The molecule has 13 atom stereocenters. The minimum atomic E-state index is -1.38. The molecule has 0 unspecified atom stereocenters. The van der Waals surface area contributed by atoms with E-state index in [2.05, 4.69) is 10.3 Å². The van der Waals surface area contributed by atoms with E-state index in [0.717, 1.165) is 16.5 Å². The van der Waals surface area contributed by atoms with Crippen LogP contribution in [0.4, 0.5) is 4.79 Å². The van der Waals surface area contributed by atoms with Gasteiger partial charge in [0.1, 0.15) is 23.9 Å². The van der Waals surface area contributed by atoms with Gasteiger partial charge in [0, 0.05) is 35.4 Å². The summed E-state index contributed by atoms with van der Waals surface area (Å²) >= 11 is 0. The molecule has 3 aliphatic rings. The number of nitrogens with zero attached hydrogens (tertiary/aromatic N) is 2. The topological polar surface area (TPSA) is 163 Å². The van der Waals surface area contributed by atoms with Gasteiger partial charge in [-0.1, -0.05) is 58.0 Å². The molecule has 0 aliphatic carbocycles. The molecule has 13 nitrogen and oxygen atoms in total. The van der Waals surface area contributed by atoms with Gasteiger partial charge in [0.15, 0.2) is 17.7 Å². The van der Waals surface area contributed by atoms with E-state index in [9.17, 15) is 24.3 Å².